The van der Waals surface area contributed by atoms with Crippen LogP contribution in [0.25, 0.3) is 11.5 Å². The molecule has 4 rings (SSSR count). The second-order valence-corrected chi connectivity index (χ2v) is 10.1. The minimum absolute atomic E-state index is 0.0229. The van der Waals surface area contributed by atoms with Gasteiger partial charge in [0, 0.05) is 24.3 Å². The number of amides is 1. The summed E-state index contributed by atoms with van der Waals surface area (Å²) < 4.78 is 50.9. The maximum Gasteiger partial charge on any atom is 0.277 e. The van der Waals surface area contributed by atoms with Gasteiger partial charge in [-0.25, -0.2) is 12.8 Å². The van der Waals surface area contributed by atoms with Crippen LogP contribution in [0.3, 0.4) is 0 Å². The van der Waals surface area contributed by atoms with E-state index in [2.05, 4.69) is 15.5 Å². The lowest BCUT2D eigenvalue weighted by Crippen LogP contribution is -2.40. The summed E-state index contributed by atoms with van der Waals surface area (Å²) in [5.41, 5.74) is 1.70. The van der Waals surface area contributed by atoms with Gasteiger partial charge in [0.2, 0.25) is 21.8 Å². The zero-order valence-corrected chi connectivity index (χ0v) is 19.3. The molecule has 1 aliphatic heterocycles. The number of benzene rings is 2. The highest BCUT2D eigenvalue weighted by atomic mass is 32.2. The monoisotopic (exact) mass is 492 g/mol. The zero-order chi connectivity index (χ0) is 23.4. The molecule has 2 heterocycles. The number of hydrogen-bond donors (Lipinski definition) is 1. The Morgan fingerprint density at radius 2 is 1.88 bits per heavy atom. The number of rotatable bonds is 7. The van der Waals surface area contributed by atoms with Crippen molar-refractivity contribution in [1.82, 2.24) is 14.5 Å². The van der Waals surface area contributed by atoms with Gasteiger partial charge in [0.15, 0.2) is 0 Å². The molecule has 1 amide bonds. The van der Waals surface area contributed by atoms with Crippen molar-refractivity contribution in [3.8, 4) is 11.5 Å². The molecule has 0 spiro atoms. The first-order chi connectivity index (χ1) is 15.8. The second kappa shape index (κ2) is 10.00. The average molecular weight is 493 g/mol. The minimum Gasteiger partial charge on any atom is -0.411 e. The van der Waals surface area contributed by atoms with Crippen LogP contribution >= 0.6 is 11.8 Å². The van der Waals surface area contributed by atoms with Crippen LogP contribution in [0.1, 0.15) is 5.56 Å². The molecule has 1 saturated heterocycles. The van der Waals surface area contributed by atoms with E-state index in [4.69, 9.17) is 9.15 Å². The highest BCUT2D eigenvalue weighted by Gasteiger charge is 2.27. The Labute approximate surface area is 194 Å². The van der Waals surface area contributed by atoms with E-state index in [1.165, 1.54) is 40.7 Å². The summed E-state index contributed by atoms with van der Waals surface area (Å²) in [6, 6.07) is 10.3. The molecule has 1 fully saturated rings. The zero-order valence-electron chi connectivity index (χ0n) is 17.7. The first-order valence-electron chi connectivity index (χ1n) is 10.0. The fourth-order valence-corrected chi connectivity index (χ4v) is 5.12. The van der Waals surface area contributed by atoms with Crippen molar-refractivity contribution in [3.63, 3.8) is 0 Å². The number of morpholine rings is 1. The standard InChI is InChI=1S/C21H21FN4O5S2/c1-14-2-7-17(33(28,29)26-8-10-30-11-9-26)12-18(14)23-19(27)13-32-21-25-24-20(31-21)15-3-5-16(22)6-4-15/h2-7,12H,8-11,13H2,1H3,(H,23,27). The van der Waals surface area contributed by atoms with Gasteiger partial charge in [0.1, 0.15) is 5.82 Å². The summed E-state index contributed by atoms with van der Waals surface area (Å²) in [5, 5.41) is 10.7. The Morgan fingerprint density at radius 1 is 1.15 bits per heavy atom. The van der Waals surface area contributed by atoms with Crippen LogP contribution in [0.15, 0.2) is 57.0 Å². The van der Waals surface area contributed by atoms with Crippen LogP contribution in [0.5, 0.6) is 0 Å². The van der Waals surface area contributed by atoms with Crippen molar-refractivity contribution in [2.75, 3.05) is 37.4 Å². The number of ether oxygens (including phenoxy) is 1. The summed E-state index contributed by atoms with van der Waals surface area (Å²) in [5.74, 6) is -0.535. The van der Waals surface area contributed by atoms with Crippen molar-refractivity contribution < 1.29 is 26.8 Å². The average Bonchev–Trinajstić information content (AvgIpc) is 3.29. The van der Waals surface area contributed by atoms with Crippen LogP contribution in [0, 0.1) is 12.7 Å². The van der Waals surface area contributed by atoms with Crippen LogP contribution < -0.4 is 5.32 Å². The molecular weight excluding hydrogens is 471 g/mol. The second-order valence-electron chi connectivity index (χ2n) is 7.21. The molecule has 0 radical (unpaired) electrons. The van der Waals surface area contributed by atoms with Gasteiger partial charge in [-0.1, -0.05) is 17.8 Å². The molecule has 33 heavy (non-hydrogen) atoms. The van der Waals surface area contributed by atoms with E-state index in [1.807, 2.05) is 0 Å². The number of hydrogen-bond acceptors (Lipinski definition) is 8. The third-order valence-corrected chi connectivity index (χ3v) is 7.63. The van der Waals surface area contributed by atoms with Gasteiger partial charge in [-0.3, -0.25) is 4.79 Å². The molecule has 2 aromatic carbocycles. The van der Waals surface area contributed by atoms with Crippen molar-refractivity contribution in [2.45, 2.75) is 17.0 Å². The third kappa shape index (κ3) is 5.58. The molecule has 12 heteroatoms. The van der Waals surface area contributed by atoms with Crippen molar-refractivity contribution in [2.24, 2.45) is 0 Å². The molecule has 0 unspecified atom stereocenters. The van der Waals surface area contributed by atoms with E-state index in [1.54, 1.807) is 13.0 Å². The van der Waals surface area contributed by atoms with Crippen molar-refractivity contribution in [1.29, 1.82) is 0 Å². The van der Waals surface area contributed by atoms with E-state index < -0.39 is 10.0 Å². The van der Waals surface area contributed by atoms with E-state index in [9.17, 15) is 17.6 Å². The Morgan fingerprint density at radius 3 is 2.61 bits per heavy atom. The van der Waals surface area contributed by atoms with Crippen LogP contribution in [-0.4, -0.2) is 60.9 Å². The number of sulfonamides is 1. The first-order valence-corrected chi connectivity index (χ1v) is 12.5. The molecule has 174 valence electrons. The van der Waals surface area contributed by atoms with Gasteiger partial charge < -0.3 is 14.5 Å². The Hall–Kier alpha value is -2.80. The number of anilines is 1. The molecule has 3 aromatic rings. The van der Waals surface area contributed by atoms with Gasteiger partial charge >= 0.3 is 0 Å². The number of aryl methyl sites for hydroxylation is 1. The van der Waals surface area contributed by atoms with E-state index in [0.717, 1.165) is 17.3 Å². The van der Waals surface area contributed by atoms with E-state index in [-0.39, 0.29) is 33.5 Å². The Kier molecular flexibility index (Phi) is 7.08. The van der Waals surface area contributed by atoms with E-state index in [0.29, 0.717) is 37.6 Å². The fourth-order valence-electron chi connectivity index (χ4n) is 3.12. The number of aromatic nitrogens is 2. The predicted molar refractivity (Wildman–Crippen MR) is 120 cm³/mol. The van der Waals surface area contributed by atoms with Crippen molar-refractivity contribution in [3.05, 3.63) is 53.8 Å². The maximum atomic E-state index is 13.1. The molecule has 0 bridgehead atoms. The van der Waals surface area contributed by atoms with Crippen LogP contribution in [-0.2, 0) is 19.6 Å². The van der Waals surface area contributed by atoms with Gasteiger partial charge in [-0.15, -0.1) is 10.2 Å². The Balaban J connectivity index is 1.39. The van der Waals surface area contributed by atoms with Crippen LogP contribution in [0.4, 0.5) is 10.1 Å². The number of nitrogens with zero attached hydrogens (tertiary/aromatic N) is 3. The summed E-state index contributed by atoms with van der Waals surface area (Å²) in [7, 11) is -3.68. The highest BCUT2D eigenvalue weighted by Crippen LogP contribution is 2.26. The lowest BCUT2D eigenvalue weighted by Gasteiger charge is -2.26. The topological polar surface area (TPSA) is 115 Å². The number of carbonyl (C=O) groups excluding carboxylic acids is 1. The first kappa shape index (κ1) is 23.4. The lowest BCUT2D eigenvalue weighted by atomic mass is 10.2. The summed E-state index contributed by atoms with van der Waals surface area (Å²) in [4.78, 5) is 12.6. The van der Waals surface area contributed by atoms with Gasteiger partial charge in [0.25, 0.3) is 5.22 Å². The SMILES string of the molecule is Cc1ccc(S(=O)(=O)N2CCOCC2)cc1NC(=O)CSc1nnc(-c2ccc(F)cc2)o1. The quantitative estimate of drug-likeness (QED) is 0.501. The van der Waals surface area contributed by atoms with Crippen LogP contribution in [0.2, 0.25) is 0 Å². The number of nitrogens with one attached hydrogen (secondary N) is 1. The van der Waals surface area contributed by atoms with Crippen molar-refractivity contribution >= 4 is 33.4 Å². The number of carbonyl (C=O) groups is 1. The molecule has 9 nitrogen and oxygen atoms in total. The summed E-state index contributed by atoms with van der Waals surface area (Å²) >= 11 is 1.04. The normalized spacial score (nSPS) is 14.8. The lowest BCUT2D eigenvalue weighted by molar-refractivity contribution is -0.113. The fraction of sp³-hybridized carbons (Fsp3) is 0.286. The highest BCUT2D eigenvalue weighted by molar-refractivity contribution is 7.99. The minimum atomic E-state index is -3.68. The summed E-state index contributed by atoms with van der Waals surface area (Å²) in [6.45, 7) is 3.06. The molecule has 0 saturated carbocycles. The summed E-state index contributed by atoms with van der Waals surface area (Å²) in [6.07, 6.45) is 0. The molecule has 1 aromatic heterocycles. The predicted octanol–water partition coefficient (Wildman–Crippen LogP) is 2.94. The van der Waals surface area contributed by atoms with Gasteiger partial charge in [-0.2, -0.15) is 4.31 Å². The number of thioether (sulfide) groups is 1. The van der Waals surface area contributed by atoms with E-state index >= 15 is 0 Å². The molecule has 0 atom stereocenters. The Bertz CT molecular complexity index is 1240. The third-order valence-electron chi connectivity index (χ3n) is 4.92. The number of halogens is 1. The molecule has 0 aliphatic carbocycles. The molecule has 1 N–H and O–H groups in total. The molecule has 1 aliphatic rings. The molecular formula is C21H21FN4O5S2. The maximum absolute atomic E-state index is 13.1. The van der Waals surface area contributed by atoms with Gasteiger partial charge in [-0.05, 0) is 48.9 Å². The largest absolute Gasteiger partial charge is 0.411 e. The van der Waals surface area contributed by atoms with Gasteiger partial charge in [0.05, 0.1) is 23.9 Å². The smallest absolute Gasteiger partial charge is 0.277 e.